The van der Waals surface area contributed by atoms with Gasteiger partial charge in [-0.25, -0.2) is 0 Å². The topological polar surface area (TPSA) is 69.6 Å². The van der Waals surface area contributed by atoms with Crippen molar-refractivity contribution in [3.05, 3.63) is 85.1 Å². The van der Waals surface area contributed by atoms with E-state index in [1.54, 1.807) is 6.08 Å². The van der Waals surface area contributed by atoms with Gasteiger partial charge in [-0.15, -0.1) is 0 Å². The molecule has 0 heterocycles. The number of allylic oxidation sites excluding steroid dienone is 13. The molecule has 0 saturated carbocycles. The number of aliphatic hydroxyl groups is 2. The minimum Gasteiger partial charge on any atom is -0.394 e. The molecule has 0 aromatic rings. The van der Waals surface area contributed by atoms with Crippen molar-refractivity contribution in [2.45, 2.75) is 148 Å². The first-order chi connectivity index (χ1) is 21.2. The van der Waals surface area contributed by atoms with Crippen LogP contribution in [-0.4, -0.2) is 34.9 Å². The molecule has 0 aliphatic rings. The maximum Gasteiger partial charge on any atom is 0.220 e. The Bertz CT molecular complexity index is 818. The lowest BCUT2D eigenvalue weighted by Gasteiger charge is -2.20. The van der Waals surface area contributed by atoms with Gasteiger partial charge < -0.3 is 15.5 Å². The highest BCUT2D eigenvalue weighted by atomic mass is 16.3. The van der Waals surface area contributed by atoms with E-state index in [1.807, 2.05) is 6.08 Å². The summed E-state index contributed by atoms with van der Waals surface area (Å²) in [5.41, 5.74) is 0. The van der Waals surface area contributed by atoms with Crippen LogP contribution in [0.2, 0.25) is 0 Å². The van der Waals surface area contributed by atoms with Gasteiger partial charge in [0.25, 0.3) is 0 Å². The Labute approximate surface area is 265 Å². The first kappa shape index (κ1) is 40.6. The smallest absolute Gasteiger partial charge is 0.220 e. The van der Waals surface area contributed by atoms with Crippen LogP contribution >= 0.6 is 0 Å². The molecule has 0 aromatic heterocycles. The van der Waals surface area contributed by atoms with E-state index in [9.17, 15) is 15.0 Å². The second kappa shape index (κ2) is 34.1. The fourth-order valence-corrected chi connectivity index (χ4v) is 4.47. The molecular formula is C39H65NO3. The molecule has 0 bridgehead atoms. The van der Waals surface area contributed by atoms with Crippen LogP contribution in [0.4, 0.5) is 0 Å². The van der Waals surface area contributed by atoms with Gasteiger partial charge in [0.15, 0.2) is 0 Å². The summed E-state index contributed by atoms with van der Waals surface area (Å²) in [7, 11) is 0. The monoisotopic (exact) mass is 595 g/mol. The van der Waals surface area contributed by atoms with Gasteiger partial charge in [-0.05, 0) is 70.6 Å². The zero-order valence-electron chi connectivity index (χ0n) is 27.7. The minimum absolute atomic E-state index is 0.0978. The van der Waals surface area contributed by atoms with Gasteiger partial charge in [-0.2, -0.15) is 0 Å². The molecule has 3 N–H and O–H groups in total. The van der Waals surface area contributed by atoms with Crippen LogP contribution in [-0.2, 0) is 4.79 Å². The zero-order valence-corrected chi connectivity index (χ0v) is 27.7. The predicted molar refractivity (Wildman–Crippen MR) is 188 cm³/mol. The van der Waals surface area contributed by atoms with Gasteiger partial charge in [0.2, 0.25) is 5.91 Å². The highest BCUT2D eigenvalue weighted by molar-refractivity contribution is 5.76. The lowest BCUT2D eigenvalue weighted by atomic mass is 10.1. The summed E-state index contributed by atoms with van der Waals surface area (Å²) < 4.78 is 0. The molecule has 0 fully saturated rings. The molecule has 2 atom stereocenters. The van der Waals surface area contributed by atoms with E-state index in [0.29, 0.717) is 6.42 Å². The Morgan fingerprint density at radius 3 is 1.53 bits per heavy atom. The van der Waals surface area contributed by atoms with Crippen LogP contribution in [0.3, 0.4) is 0 Å². The van der Waals surface area contributed by atoms with Crippen LogP contribution in [0.5, 0.6) is 0 Å². The number of amides is 1. The Balaban J connectivity index is 3.74. The Kier molecular flexibility index (Phi) is 32.1. The fraction of sp³-hybridized carbons (Fsp3) is 0.615. The highest BCUT2D eigenvalue weighted by Crippen LogP contribution is 2.09. The Morgan fingerprint density at radius 1 is 0.581 bits per heavy atom. The van der Waals surface area contributed by atoms with E-state index in [0.717, 1.165) is 83.5 Å². The molecule has 0 spiro atoms. The quantitative estimate of drug-likeness (QED) is 0.0595. The summed E-state index contributed by atoms with van der Waals surface area (Å²) in [5.74, 6) is -0.0978. The fourth-order valence-electron chi connectivity index (χ4n) is 4.47. The third kappa shape index (κ3) is 30.8. The molecule has 244 valence electrons. The van der Waals surface area contributed by atoms with Gasteiger partial charge in [0.1, 0.15) is 0 Å². The van der Waals surface area contributed by atoms with Gasteiger partial charge in [0, 0.05) is 6.42 Å². The molecule has 1 amide bonds. The van der Waals surface area contributed by atoms with E-state index in [2.05, 4.69) is 92.1 Å². The van der Waals surface area contributed by atoms with Crippen molar-refractivity contribution in [3.8, 4) is 0 Å². The van der Waals surface area contributed by atoms with Crippen LogP contribution in [0.25, 0.3) is 0 Å². The number of hydrogen-bond acceptors (Lipinski definition) is 3. The molecule has 0 rings (SSSR count). The normalized spacial score (nSPS) is 14.2. The van der Waals surface area contributed by atoms with Crippen molar-refractivity contribution >= 4 is 5.91 Å². The van der Waals surface area contributed by atoms with Crippen molar-refractivity contribution in [1.29, 1.82) is 0 Å². The summed E-state index contributed by atoms with van der Waals surface area (Å²) in [6.07, 6.45) is 49.5. The average molecular weight is 596 g/mol. The third-order valence-electron chi connectivity index (χ3n) is 7.13. The van der Waals surface area contributed by atoms with Gasteiger partial charge >= 0.3 is 0 Å². The molecule has 4 nitrogen and oxygen atoms in total. The molecule has 0 aliphatic carbocycles. The number of hydrogen-bond donors (Lipinski definition) is 3. The number of rotatable bonds is 29. The summed E-state index contributed by atoms with van der Waals surface area (Å²) in [6, 6.07) is -0.638. The van der Waals surface area contributed by atoms with Crippen molar-refractivity contribution in [1.82, 2.24) is 5.32 Å². The number of carbonyl (C=O) groups excluding carboxylic acids is 1. The summed E-state index contributed by atoms with van der Waals surface area (Å²) >= 11 is 0. The zero-order chi connectivity index (χ0) is 31.5. The standard InChI is InChI=1S/C39H65NO3/c1-3-5-7-9-11-13-14-15-16-17-18-19-20-21-22-23-24-25-26-27-29-31-33-35-39(43)40-37(36-41)38(42)34-32-30-28-12-10-8-6-4-2/h5,7,11,13,15-16,18-19,21-22,24-25,32,34,37-38,41-42H,3-4,6,8-10,12,14,17,20,23,26-31,33,35-36H2,1-2H3,(H,40,43)/b7-5-,13-11-,16-15-,19-18-,22-21-,25-24-,34-32+. The Hall–Kier alpha value is -2.43. The van der Waals surface area contributed by atoms with E-state index in [1.165, 1.54) is 32.1 Å². The maximum absolute atomic E-state index is 12.2. The lowest BCUT2D eigenvalue weighted by molar-refractivity contribution is -0.123. The molecule has 0 aromatic carbocycles. The van der Waals surface area contributed by atoms with E-state index < -0.39 is 12.1 Å². The van der Waals surface area contributed by atoms with Gasteiger partial charge in [-0.3, -0.25) is 4.79 Å². The first-order valence-electron chi connectivity index (χ1n) is 17.3. The molecule has 0 saturated heterocycles. The predicted octanol–water partition coefficient (Wildman–Crippen LogP) is 10.2. The molecule has 0 aliphatic heterocycles. The van der Waals surface area contributed by atoms with E-state index in [-0.39, 0.29) is 12.5 Å². The van der Waals surface area contributed by atoms with Crippen LogP contribution in [0, 0.1) is 0 Å². The lowest BCUT2D eigenvalue weighted by Crippen LogP contribution is -2.45. The van der Waals surface area contributed by atoms with Crippen LogP contribution in [0.15, 0.2) is 85.1 Å². The van der Waals surface area contributed by atoms with Gasteiger partial charge in [0.05, 0.1) is 18.8 Å². The largest absolute Gasteiger partial charge is 0.394 e. The first-order valence-corrected chi connectivity index (χ1v) is 17.3. The van der Waals surface area contributed by atoms with Crippen LogP contribution < -0.4 is 5.32 Å². The van der Waals surface area contributed by atoms with Crippen molar-refractivity contribution in [2.75, 3.05) is 6.61 Å². The molecular weight excluding hydrogens is 530 g/mol. The number of carbonyl (C=O) groups is 1. The summed E-state index contributed by atoms with van der Waals surface area (Å²) in [5, 5.41) is 22.7. The number of aliphatic hydroxyl groups excluding tert-OH is 2. The maximum atomic E-state index is 12.2. The second-order valence-corrected chi connectivity index (χ2v) is 11.2. The van der Waals surface area contributed by atoms with Crippen molar-refractivity contribution < 1.29 is 15.0 Å². The molecule has 0 radical (unpaired) electrons. The van der Waals surface area contributed by atoms with E-state index in [4.69, 9.17) is 0 Å². The second-order valence-electron chi connectivity index (χ2n) is 11.2. The van der Waals surface area contributed by atoms with Crippen LogP contribution in [0.1, 0.15) is 136 Å². The van der Waals surface area contributed by atoms with E-state index >= 15 is 0 Å². The van der Waals surface area contributed by atoms with Crippen molar-refractivity contribution in [3.63, 3.8) is 0 Å². The molecule has 2 unspecified atom stereocenters. The van der Waals surface area contributed by atoms with Crippen molar-refractivity contribution in [2.24, 2.45) is 0 Å². The minimum atomic E-state index is -0.851. The summed E-state index contributed by atoms with van der Waals surface area (Å²) in [4.78, 5) is 12.2. The molecule has 43 heavy (non-hydrogen) atoms. The summed E-state index contributed by atoms with van der Waals surface area (Å²) in [6.45, 7) is 4.11. The average Bonchev–Trinajstić information content (AvgIpc) is 3.01. The number of unbranched alkanes of at least 4 members (excludes halogenated alkanes) is 10. The third-order valence-corrected chi connectivity index (χ3v) is 7.13. The highest BCUT2D eigenvalue weighted by Gasteiger charge is 2.17. The SMILES string of the molecule is CC/C=C\C/C=C\C/C=C\C/C=C\C/C=C\C/C=C\CCCCCCC(=O)NC(CO)C(O)/C=C/CCCCCCCC. The number of nitrogens with one attached hydrogen (secondary N) is 1. The van der Waals surface area contributed by atoms with Gasteiger partial charge in [-0.1, -0.05) is 144 Å². The Morgan fingerprint density at radius 2 is 1.02 bits per heavy atom. The molecule has 4 heteroatoms.